The van der Waals surface area contributed by atoms with E-state index in [1.165, 1.54) is 10.7 Å². The summed E-state index contributed by atoms with van der Waals surface area (Å²) in [5.74, 6) is -0.169. The van der Waals surface area contributed by atoms with Gasteiger partial charge in [-0.15, -0.1) is 0 Å². The van der Waals surface area contributed by atoms with Gasteiger partial charge in [0.1, 0.15) is 6.04 Å². The van der Waals surface area contributed by atoms with Crippen LogP contribution in [0.4, 0.5) is 11.4 Å². The van der Waals surface area contributed by atoms with E-state index in [-0.39, 0.29) is 29.4 Å². The van der Waals surface area contributed by atoms with Crippen LogP contribution in [0, 0.1) is 11.8 Å². The van der Waals surface area contributed by atoms with Crippen LogP contribution in [0.2, 0.25) is 0 Å². The third-order valence-corrected chi connectivity index (χ3v) is 7.61. The number of anilines is 2. The zero-order valence-corrected chi connectivity index (χ0v) is 18.0. The Balaban J connectivity index is 1.63. The summed E-state index contributed by atoms with van der Waals surface area (Å²) in [5.41, 5.74) is 1.18. The normalized spacial score (nSPS) is 20.4. The highest BCUT2D eigenvalue weighted by atomic mass is 32.2. The molecule has 1 aromatic rings. The average Bonchev–Trinajstić information content (AvgIpc) is 3.06. The number of nitrogens with zero attached hydrogens (tertiary/aromatic N) is 1. The minimum Gasteiger partial charge on any atom is -0.344 e. The summed E-state index contributed by atoms with van der Waals surface area (Å²) in [5, 5.41) is 5.78. The number of benzene rings is 1. The van der Waals surface area contributed by atoms with E-state index in [1.54, 1.807) is 24.3 Å². The summed E-state index contributed by atoms with van der Waals surface area (Å²) in [7, 11) is -3.23. The van der Waals surface area contributed by atoms with Crippen LogP contribution < -0.4 is 14.9 Å². The highest BCUT2D eigenvalue weighted by molar-refractivity contribution is 7.93. The van der Waals surface area contributed by atoms with Crippen molar-refractivity contribution in [1.82, 2.24) is 5.32 Å². The molecule has 160 valence electrons. The minimum atomic E-state index is -3.23. The first-order chi connectivity index (χ1) is 13.8. The Bertz CT molecular complexity index is 830. The molecule has 0 bridgehead atoms. The molecule has 0 spiro atoms. The molecule has 2 aliphatic rings. The first-order valence-electron chi connectivity index (χ1n) is 10.5. The van der Waals surface area contributed by atoms with Gasteiger partial charge in [0.2, 0.25) is 21.8 Å². The van der Waals surface area contributed by atoms with Crippen LogP contribution in [-0.2, 0) is 19.6 Å². The van der Waals surface area contributed by atoms with Gasteiger partial charge in [-0.3, -0.25) is 13.9 Å². The molecule has 0 radical (unpaired) electrons. The molecule has 2 fully saturated rings. The lowest BCUT2D eigenvalue weighted by Gasteiger charge is -2.26. The molecular formula is C21H31N3O4S. The Morgan fingerprint density at radius 3 is 2.24 bits per heavy atom. The number of hydrogen-bond donors (Lipinski definition) is 2. The van der Waals surface area contributed by atoms with Crippen LogP contribution in [0.15, 0.2) is 24.3 Å². The van der Waals surface area contributed by atoms with Crippen LogP contribution >= 0.6 is 0 Å². The van der Waals surface area contributed by atoms with Crippen molar-refractivity contribution in [2.75, 3.05) is 21.9 Å². The van der Waals surface area contributed by atoms with Gasteiger partial charge in [-0.2, -0.15) is 0 Å². The second kappa shape index (κ2) is 9.15. The molecule has 8 heteroatoms. The number of carbonyl (C=O) groups is 2. The second-order valence-corrected chi connectivity index (χ2v) is 10.4. The molecule has 29 heavy (non-hydrogen) atoms. The molecule has 1 aromatic carbocycles. The predicted molar refractivity (Wildman–Crippen MR) is 114 cm³/mol. The fourth-order valence-electron chi connectivity index (χ4n) is 4.03. The van der Waals surface area contributed by atoms with Gasteiger partial charge in [-0.25, -0.2) is 8.42 Å². The lowest BCUT2D eigenvalue weighted by molar-refractivity contribution is -0.130. The molecule has 1 atom stereocenters. The van der Waals surface area contributed by atoms with Gasteiger partial charge in [0, 0.05) is 18.2 Å². The molecule has 1 aliphatic heterocycles. The maximum Gasteiger partial charge on any atom is 0.247 e. The van der Waals surface area contributed by atoms with Crippen molar-refractivity contribution >= 4 is 33.2 Å². The second-order valence-electron chi connectivity index (χ2n) is 8.34. The van der Waals surface area contributed by atoms with Crippen LogP contribution in [-0.4, -0.2) is 38.6 Å². The van der Waals surface area contributed by atoms with Crippen molar-refractivity contribution in [3.05, 3.63) is 24.3 Å². The van der Waals surface area contributed by atoms with E-state index in [2.05, 4.69) is 10.6 Å². The average molecular weight is 422 g/mol. The van der Waals surface area contributed by atoms with Crippen molar-refractivity contribution < 1.29 is 18.0 Å². The SMILES string of the molecule is CC(C)[C@H](NC(=O)C1CCCCC1)C(=O)Nc1ccc(N2CCCS2(=O)=O)cc1. The number of sulfonamides is 1. The Kier molecular flexibility index (Phi) is 6.82. The maximum atomic E-state index is 12.8. The Morgan fingerprint density at radius 1 is 1.03 bits per heavy atom. The number of rotatable bonds is 6. The fraction of sp³-hybridized carbons (Fsp3) is 0.619. The van der Waals surface area contributed by atoms with E-state index < -0.39 is 16.1 Å². The van der Waals surface area contributed by atoms with Crippen LogP contribution in [0.3, 0.4) is 0 Å². The molecule has 2 amide bonds. The van der Waals surface area contributed by atoms with Gasteiger partial charge >= 0.3 is 0 Å². The van der Waals surface area contributed by atoms with Gasteiger partial charge in [-0.05, 0) is 49.4 Å². The van der Waals surface area contributed by atoms with E-state index in [9.17, 15) is 18.0 Å². The smallest absolute Gasteiger partial charge is 0.247 e. The minimum absolute atomic E-state index is 0.000469. The van der Waals surface area contributed by atoms with Crippen molar-refractivity contribution in [2.24, 2.45) is 11.8 Å². The topological polar surface area (TPSA) is 95.6 Å². The molecule has 3 rings (SSSR count). The van der Waals surface area contributed by atoms with E-state index >= 15 is 0 Å². The summed E-state index contributed by atoms with van der Waals surface area (Å²) in [6.45, 7) is 4.30. The molecule has 1 aliphatic carbocycles. The zero-order valence-electron chi connectivity index (χ0n) is 17.2. The van der Waals surface area contributed by atoms with Crippen molar-refractivity contribution in [2.45, 2.75) is 58.4 Å². The standard InChI is InChI=1S/C21H31N3O4S/c1-15(2)19(23-20(25)16-7-4-3-5-8-16)21(26)22-17-9-11-18(12-10-17)24-13-6-14-29(24,27)28/h9-12,15-16,19H,3-8,13-14H2,1-2H3,(H,22,26)(H,23,25)/t19-/m0/s1. The van der Waals surface area contributed by atoms with Gasteiger partial charge in [0.25, 0.3) is 0 Å². The first kappa shape index (κ1) is 21.6. The van der Waals surface area contributed by atoms with Crippen LogP contribution in [0.5, 0.6) is 0 Å². The maximum absolute atomic E-state index is 12.8. The van der Waals surface area contributed by atoms with Gasteiger partial charge in [0.15, 0.2) is 0 Å². The number of amides is 2. The zero-order chi connectivity index (χ0) is 21.0. The first-order valence-corrected chi connectivity index (χ1v) is 12.1. The lowest BCUT2D eigenvalue weighted by Crippen LogP contribution is -2.49. The van der Waals surface area contributed by atoms with Crippen molar-refractivity contribution in [1.29, 1.82) is 0 Å². The molecule has 1 saturated carbocycles. The number of nitrogens with one attached hydrogen (secondary N) is 2. The van der Waals surface area contributed by atoms with E-state index in [0.717, 1.165) is 25.7 Å². The summed E-state index contributed by atoms with van der Waals surface area (Å²) < 4.78 is 25.5. The largest absolute Gasteiger partial charge is 0.344 e. The van der Waals surface area contributed by atoms with Gasteiger partial charge in [0.05, 0.1) is 11.4 Å². The molecule has 1 heterocycles. The van der Waals surface area contributed by atoms with Crippen LogP contribution in [0.1, 0.15) is 52.4 Å². The fourth-order valence-corrected chi connectivity index (χ4v) is 5.60. The lowest BCUT2D eigenvalue weighted by atomic mass is 9.88. The monoisotopic (exact) mass is 421 g/mol. The van der Waals surface area contributed by atoms with Gasteiger partial charge in [-0.1, -0.05) is 33.1 Å². The molecule has 0 unspecified atom stereocenters. The molecular weight excluding hydrogens is 390 g/mol. The Morgan fingerprint density at radius 2 is 1.69 bits per heavy atom. The predicted octanol–water partition coefficient (Wildman–Crippen LogP) is 2.89. The van der Waals surface area contributed by atoms with Gasteiger partial charge < -0.3 is 10.6 Å². The summed E-state index contributed by atoms with van der Waals surface area (Å²) in [6, 6.07) is 6.18. The molecule has 2 N–H and O–H groups in total. The van der Waals surface area contributed by atoms with E-state index in [4.69, 9.17) is 0 Å². The Labute approximate surface area is 173 Å². The number of carbonyl (C=O) groups excluding carboxylic acids is 2. The third kappa shape index (κ3) is 5.29. The summed E-state index contributed by atoms with van der Waals surface area (Å²) >= 11 is 0. The van der Waals surface area contributed by atoms with E-state index in [1.807, 2.05) is 13.8 Å². The third-order valence-electron chi connectivity index (χ3n) is 5.74. The quantitative estimate of drug-likeness (QED) is 0.738. The highest BCUT2D eigenvalue weighted by Crippen LogP contribution is 2.26. The van der Waals surface area contributed by atoms with Crippen LogP contribution in [0.25, 0.3) is 0 Å². The van der Waals surface area contributed by atoms with Crippen molar-refractivity contribution in [3.63, 3.8) is 0 Å². The summed E-state index contributed by atoms with van der Waals surface area (Å²) in [4.78, 5) is 25.4. The molecule has 7 nitrogen and oxygen atoms in total. The highest BCUT2D eigenvalue weighted by Gasteiger charge is 2.30. The summed E-state index contributed by atoms with van der Waals surface area (Å²) in [6.07, 6.45) is 5.70. The van der Waals surface area contributed by atoms with Crippen molar-refractivity contribution in [3.8, 4) is 0 Å². The number of hydrogen-bond acceptors (Lipinski definition) is 4. The molecule has 0 aromatic heterocycles. The molecule has 1 saturated heterocycles. The Hall–Kier alpha value is -2.09. The van der Waals surface area contributed by atoms with E-state index in [0.29, 0.717) is 24.3 Å².